The first-order valence-electron chi connectivity index (χ1n) is 7.23. The summed E-state index contributed by atoms with van der Waals surface area (Å²) in [6.45, 7) is 6.88. The lowest BCUT2D eigenvalue weighted by atomic mass is 9.92. The molecule has 0 bridgehead atoms. The second-order valence-corrected chi connectivity index (χ2v) is 5.61. The van der Waals surface area contributed by atoms with Crippen molar-refractivity contribution in [2.24, 2.45) is 17.6 Å². The molecule has 6 heteroatoms. The van der Waals surface area contributed by atoms with Gasteiger partial charge in [-0.2, -0.15) is 0 Å². The molecule has 3 N–H and O–H groups in total. The molecule has 1 aliphatic heterocycles. The first kappa shape index (κ1) is 16.9. The minimum Gasteiger partial charge on any atom is -0.463 e. The van der Waals surface area contributed by atoms with Crippen LogP contribution in [0.4, 0.5) is 0 Å². The van der Waals surface area contributed by atoms with Gasteiger partial charge in [-0.05, 0) is 32.6 Å². The molecule has 2 atom stereocenters. The van der Waals surface area contributed by atoms with Crippen molar-refractivity contribution in [2.75, 3.05) is 19.8 Å². The molecule has 1 heterocycles. The summed E-state index contributed by atoms with van der Waals surface area (Å²) in [7, 11) is 0. The van der Waals surface area contributed by atoms with Crippen LogP contribution in [0.3, 0.4) is 0 Å². The third kappa shape index (κ3) is 5.46. The molecule has 0 aliphatic carbocycles. The van der Waals surface area contributed by atoms with Crippen LogP contribution in [0.25, 0.3) is 0 Å². The Hall–Kier alpha value is -1.14. The minimum absolute atomic E-state index is 0.148. The number of ether oxygens (including phenoxy) is 2. The van der Waals surface area contributed by atoms with E-state index in [0.29, 0.717) is 13.2 Å². The molecule has 0 aromatic heterocycles. The number of hydrogen-bond donors (Lipinski definition) is 2. The highest BCUT2D eigenvalue weighted by molar-refractivity contribution is 5.82. The molecule has 2 unspecified atom stereocenters. The topological polar surface area (TPSA) is 90.7 Å². The number of rotatable bonds is 6. The monoisotopic (exact) mass is 286 g/mol. The van der Waals surface area contributed by atoms with Crippen LogP contribution in [0.15, 0.2) is 0 Å². The summed E-state index contributed by atoms with van der Waals surface area (Å²) in [5.41, 5.74) is 5.95. The molecule has 0 aromatic carbocycles. The Morgan fingerprint density at radius 2 is 1.90 bits per heavy atom. The van der Waals surface area contributed by atoms with Crippen LogP contribution < -0.4 is 11.1 Å². The van der Waals surface area contributed by atoms with Gasteiger partial charge in [-0.1, -0.05) is 6.92 Å². The van der Waals surface area contributed by atoms with Gasteiger partial charge in [0, 0.05) is 19.8 Å². The summed E-state index contributed by atoms with van der Waals surface area (Å²) in [6.07, 6.45) is 1.46. The molecule has 1 aliphatic rings. The third-order valence-electron chi connectivity index (χ3n) is 3.41. The SMILES string of the molecule is CC(C)OC(=O)C(C)CNC(=O)C(N)C1CCOCC1. The van der Waals surface area contributed by atoms with Gasteiger partial charge in [0.2, 0.25) is 5.91 Å². The van der Waals surface area contributed by atoms with Gasteiger partial charge in [0.15, 0.2) is 0 Å². The standard InChI is InChI=1S/C14H26N2O4/c1-9(2)20-14(18)10(3)8-16-13(17)12(15)11-4-6-19-7-5-11/h9-12H,4-8,15H2,1-3H3,(H,16,17). The smallest absolute Gasteiger partial charge is 0.310 e. The summed E-state index contributed by atoms with van der Waals surface area (Å²) in [6, 6.07) is -0.535. The molecular weight excluding hydrogens is 260 g/mol. The van der Waals surface area contributed by atoms with E-state index >= 15 is 0 Å². The van der Waals surface area contributed by atoms with E-state index in [1.54, 1.807) is 20.8 Å². The maximum atomic E-state index is 12.0. The van der Waals surface area contributed by atoms with E-state index in [9.17, 15) is 9.59 Å². The third-order valence-corrected chi connectivity index (χ3v) is 3.41. The van der Waals surface area contributed by atoms with E-state index in [-0.39, 0.29) is 36.4 Å². The molecule has 20 heavy (non-hydrogen) atoms. The largest absolute Gasteiger partial charge is 0.463 e. The molecule has 1 amide bonds. The van der Waals surface area contributed by atoms with Gasteiger partial charge in [-0.25, -0.2) is 0 Å². The number of carbonyl (C=O) groups is 2. The van der Waals surface area contributed by atoms with E-state index in [2.05, 4.69) is 5.32 Å². The Balaban J connectivity index is 2.32. The van der Waals surface area contributed by atoms with Gasteiger partial charge in [-0.15, -0.1) is 0 Å². The van der Waals surface area contributed by atoms with Crippen LogP contribution in [0.1, 0.15) is 33.6 Å². The quantitative estimate of drug-likeness (QED) is 0.692. The Bertz CT molecular complexity index is 327. The van der Waals surface area contributed by atoms with Gasteiger partial charge in [0.25, 0.3) is 0 Å². The Morgan fingerprint density at radius 3 is 2.45 bits per heavy atom. The molecule has 6 nitrogen and oxygen atoms in total. The Morgan fingerprint density at radius 1 is 1.30 bits per heavy atom. The summed E-state index contributed by atoms with van der Waals surface area (Å²) in [4.78, 5) is 23.6. The fraction of sp³-hybridized carbons (Fsp3) is 0.857. The number of nitrogens with one attached hydrogen (secondary N) is 1. The van der Waals surface area contributed by atoms with Crippen LogP contribution in [-0.4, -0.2) is 43.8 Å². The predicted octanol–water partition coefficient (Wildman–Crippen LogP) is 0.444. The average Bonchev–Trinajstić information content (AvgIpc) is 2.43. The van der Waals surface area contributed by atoms with Crippen molar-refractivity contribution in [1.82, 2.24) is 5.32 Å². The van der Waals surface area contributed by atoms with Crippen LogP contribution in [0, 0.1) is 11.8 Å². The van der Waals surface area contributed by atoms with Crippen molar-refractivity contribution in [1.29, 1.82) is 0 Å². The molecule has 0 spiro atoms. The van der Waals surface area contributed by atoms with Crippen molar-refractivity contribution < 1.29 is 19.1 Å². The van der Waals surface area contributed by atoms with Gasteiger partial charge in [0.05, 0.1) is 18.1 Å². The average molecular weight is 286 g/mol. The minimum atomic E-state index is -0.535. The van der Waals surface area contributed by atoms with Crippen molar-refractivity contribution in [3.8, 4) is 0 Å². The first-order valence-corrected chi connectivity index (χ1v) is 7.23. The molecular formula is C14H26N2O4. The number of hydrogen-bond acceptors (Lipinski definition) is 5. The Kier molecular flexibility index (Phi) is 6.95. The normalized spacial score (nSPS) is 19.4. The number of nitrogens with two attached hydrogens (primary N) is 1. The van der Waals surface area contributed by atoms with E-state index in [4.69, 9.17) is 15.2 Å². The van der Waals surface area contributed by atoms with Crippen LogP contribution in [0.5, 0.6) is 0 Å². The lowest BCUT2D eigenvalue weighted by Crippen LogP contribution is -2.48. The number of esters is 1. The zero-order valence-electron chi connectivity index (χ0n) is 12.6. The zero-order chi connectivity index (χ0) is 15.1. The first-order chi connectivity index (χ1) is 9.41. The van der Waals surface area contributed by atoms with E-state index in [1.165, 1.54) is 0 Å². The molecule has 1 saturated heterocycles. The van der Waals surface area contributed by atoms with E-state index < -0.39 is 6.04 Å². The van der Waals surface area contributed by atoms with Gasteiger partial charge in [-0.3, -0.25) is 9.59 Å². The molecule has 0 radical (unpaired) electrons. The second kappa shape index (κ2) is 8.21. The fourth-order valence-electron chi connectivity index (χ4n) is 2.09. The molecule has 116 valence electrons. The van der Waals surface area contributed by atoms with E-state index in [1.807, 2.05) is 0 Å². The molecule has 0 aromatic rings. The van der Waals surface area contributed by atoms with Gasteiger partial charge < -0.3 is 20.5 Å². The summed E-state index contributed by atoms with van der Waals surface area (Å²) in [5, 5.41) is 2.73. The molecule has 1 fully saturated rings. The lowest BCUT2D eigenvalue weighted by Gasteiger charge is -2.27. The maximum absolute atomic E-state index is 12.0. The van der Waals surface area contributed by atoms with Crippen LogP contribution in [-0.2, 0) is 19.1 Å². The summed E-state index contributed by atoms with van der Waals surface area (Å²) < 4.78 is 10.3. The highest BCUT2D eigenvalue weighted by Gasteiger charge is 2.27. The van der Waals surface area contributed by atoms with E-state index in [0.717, 1.165) is 12.8 Å². The number of amides is 1. The van der Waals surface area contributed by atoms with Crippen LogP contribution in [0.2, 0.25) is 0 Å². The van der Waals surface area contributed by atoms with Crippen molar-refractivity contribution in [2.45, 2.75) is 45.8 Å². The van der Waals surface area contributed by atoms with Crippen LogP contribution >= 0.6 is 0 Å². The van der Waals surface area contributed by atoms with Gasteiger partial charge in [0.1, 0.15) is 0 Å². The van der Waals surface area contributed by atoms with Crippen molar-refractivity contribution >= 4 is 11.9 Å². The number of carbonyl (C=O) groups excluding carboxylic acids is 2. The maximum Gasteiger partial charge on any atom is 0.310 e. The second-order valence-electron chi connectivity index (χ2n) is 5.61. The van der Waals surface area contributed by atoms with Gasteiger partial charge >= 0.3 is 5.97 Å². The molecule has 1 rings (SSSR count). The zero-order valence-corrected chi connectivity index (χ0v) is 12.6. The summed E-state index contributed by atoms with van der Waals surface area (Å²) >= 11 is 0. The fourth-order valence-corrected chi connectivity index (χ4v) is 2.09. The Labute approximate surface area is 120 Å². The highest BCUT2D eigenvalue weighted by atomic mass is 16.5. The molecule has 0 saturated carbocycles. The predicted molar refractivity (Wildman–Crippen MR) is 74.9 cm³/mol. The lowest BCUT2D eigenvalue weighted by molar-refractivity contribution is -0.151. The van der Waals surface area contributed by atoms with Crippen molar-refractivity contribution in [3.63, 3.8) is 0 Å². The highest BCUT2D eigenvalue weighted by Crippen LogP contribution is 2.17. The van der Waals surface area contributed by atoms with Crippen molar-refractivity contribution in [3.05, 3.63) is 0 Å². The summed E-state index contributed by atoms with van der Waals surface area (Å²) in [5.74, 6) is -0.731.